The van der Waals surface area contributed by atoms with E-state index in [0.717, 1.165) is 12.8 Å². The molecule has 0 aliphatic carbocycles. The van der Waals surface area contributed by atoms with E-state index in [1.54, 1.807) is 4.90 Å². The van der Waals surface area contributed by atoms with Crippen LogP contribution in [0.5, 0.6) is 0 Å². The number of nitro benzene ring substituents is 2. The van der Waals surface area contributed by atoms with E-state index in [1.165, 1.54) is 12.1 Å². The average molecular weight is 339 g/mol. The highest BCUT2D eigenvalue weighted by molar-refractivity contribution is 5.76. The zero-order valence-electron chi connectivity index (χ0n) is 13.8. The molecule has 1 saturated heterocycles. The second-order valence-electron chi connectivity index (χ2n) is 5.43. The minimum Gasteiger partial charge on any atom is -0.361 e. The van der Waals surface area contributed by atoms with Crippen molar-refractivity contribution in [2.45, 2.75) is 33.0 Å². The Morgan fingerprint density at radius 2 is 1.67 bits per heavy atom. The topological polar surface area (TPSA) is 108 Å². The second-order valence-corrected chi connectivity index (χ2v) is 5.43. The summed E-state index contributed by atoms with van der Waals surface area (Å²) in [5.74, 6) is 0. The largest absolute Gasteiger partial charge is 0.361 e. The lowest BCUT2D eigenvalue weighted by Crippen LogP contribution is -2.26. The fourth-order valence-corrected chi connectivity index (χ4v) is 2.74. The molecule has 1 fully saturated rings. The highest BCUT2D eigenvalue weighted by Crippen LogP contribution is 2.41. The first-order valence-electron chi connectivity index (χ1n) is 7.94. The van der Waals surface area contributed by atoms with E-state index in [0.29, 0.717) is 31.9 Å². The summed E-state index contributed by atoms with van der Waals surface area (Å²) >= 11 is 0. The molecule has 0 N–H and O–H groups in total. The van der Waals surface area contributed by atoms with Crippen LogP contribution in [0.2, 0.25) is 0 Å². The molecule has 1 aromatic rings. The van der Waals surface area contributed by atoms with E-state index < -0.39 is 16.1 Å². The van der Waals surface area contributed by atoms with Crippen molar-refractivity contribution < 1.29 is 19.3 Å². The zero-order valence-corrected chi connectivity index (χ0v) is 13.8. The molecule has 1 aliphatic rings. The van der Waals surface area contributed by atoms with Crippen molar-refractivity contribution in [2.24, 2.45) is 0 Å². The Bertz CT molecular complexity index is 580. The SMILES string of the molecule is CCCN(CC)c1c([N+](=O)[O-])cc(C2OCCCO2)cc1[N+](=O)[O-]. The number of rotatable bonds is 7. The van der Waals surface area contributed by atoms with Crippen LogP contribution in [0.1, 0.15) is 38.5 Å². The summed E-state index contributed by atoms with van der Waals surface area (Å²) < 4.78 is 10.9. The van der Waals surface area contributed by atoms with Gasteiger partial charge in [0.25, 0.3) is 11.4 Å². The van der Waals surface area contributed by atoms with Gasteiger partial charge in [-0.2, -0.15) is 0 Å². The van der Waals surface area contributed by atoms with Crippen LogP contribution >= 0.6 is 0 Å². The maximum atomic E-state index is 11.5. The van der Waals surface area contributed by atoms with Crippen molar-refractivity contribution in [3.05, 3.63) is 37.9 Å². The third kappa shape index (κ3) is 3.80. The minimum atomic E-state index is -0.813. The Labute approximate surface area is 139 Å². The van der Waals surface area contributed by atoms with Crippen LogP contribution in [0.15, 0.2) is 12.1 Å². The molecule has 1 aliphatic heterocycles. The third-order valence-corrected chi connectivity index (χ3v) is 3.78. The average Bonchev–Trinajstić information content (AvgIpc) is 2.59. The van der Waals surface area contributed by atoms with Gasteiger partial charge in [0, 0.05) is 30.8 Å². The molecule has 0 unspecified atom stereocenters. The molecule has 0 spiro atoms. The summed E-state index contributed by atoms with van der Waals surface area (Å²) in [6.07, 6.45) is 0.629. The Morgan fingerprint density at radius 1 is 1.12 bits per heavy atom. The van der Waals surface area contributed by atoms with Crippen LogP contribution in [0.25, 0.3) is 0 Å². The van der Waals surface area contributed by atoms with E-state index in [-0.39, 0.29) is 17.1 Å². The van der Waals surface area contributed by atoms with Gasteiger partial charge in [0.15, 0.2) is 12.0 Å². The van der Waals surface area contributed by atoms with Crippen LogP contribution in [-0.2, 0) is 9.47 Å². The predicted octanol–water partition coefficient (Wildman–Crippen LogP) is 3.17. The van der Waals surface area contributed by atoms with Gasteiger partial charge >= 0.3 is 0 Å². The lowest BCUT2D eigenvalue weighted by molar-refractivity contribution is -0.393. The van der Waals surface area contributed by atoms with Crippen molar-refractivity contribution in [2.75, 3.05) is 31.2 Å². The van der Waals surface area contributed by atoms with Crippen LogP contribution in [0.4, 0.5) is 17.1 Å². The van der Waals surface area contributed by atoms with Gasteiger partial charge < -0.3 is 14.4 Å². The minimum absolute atomic E-state index is 0.0360. The highest BCUT2D eigenvalue weighted by Gasteiger charge is 2.32. The summed E-state index contributed by atoms with van der Waals surface area (Å²) in [5, 5.41) is 23.1. The van der Waals surface area contributed by atoms with Crippen molar-refractivity contribution in [3.8, 4) is 0 Å². The lowest BCUT2D eigenvalue weighted by Gasteiger charge is -2.25. The van der Waals surface area contributed by atoms with Crippen molar-refractivity contribution in [1.29, 1.82) is 0 Å². The highest BCUT2D eigenvalue weighted by atomic mass is 16.7. The third-order valence-electron chi connectivity index (χ3n) is 3.78. The molecule has 0 atom stereocenters. The van der Waals surface area contributed by atoms with Gasteiger partial charge in [-0.05, 0) is 19.8 Å². The summed E-state index contributed by atoms with van der Waals surface area (Å²) in [6, 6.07) is 2.63. The van der Waals surface area contributed by atoms with Gasteiger partial charge in [0.1, 0.15) is 0 Å². The van der Waals surface area contributed by atoms with Crippen molar-refractivity contribution in [1.82, 2.24) is 0 Å². The van der Waals surface area contributed by atoms with E-state index in [2.05, 4.69) is 0 Å². The number of hydrogen-bond donors (Lipinski definition) is 0. The van der Waals surface area contributed by atoms with E-state index in [4.69, 9.17) is 9.47 Å². The summed E-state index contributed by atoms with van der Waals surface area (Å²) in [6.45, 7) is 5.55. The van der Waals surface area contributed by atoms with Gasteiger partial charge in [-0.3, -0.25) is 20.2 Å². The van der Waals surface area contributed by atoms with E-state index in [9.17, 15) is 20.2 Å². The zero-order chi connectivity index (χ0) is 17.7. The first kappa shape index (κ1) is 18.1. The summed E-state index contributed by atoms with van der Waals surface area (Å²) in [4.78, 5) is 23.5. The van der Waals surface area contributed by atoms with Gasteiger partial charge in [0.2, 0.25) is 0 Å². The molecule has 0 radical (unpaired) electrons. The predicted molar refractivity (Wildman–Crippen MR) is 87.2 cm³/mol. The molecular weight excluding hydrogens is 318 g/mol. The molecule has 0 amide bonds. The quantitative estimate of drug-likeness (QED) is 0.554. The van der Waals surface area contributed by atoms with Crippen molar-refractivity contribution >= 4 is 17.1 Å². The number of ether oxygens (including phenoxy) is 2. The smallest absolute Gasteiger partial charge is 0.300 e. The first-order valence-corrected chi connectivity index (χ1v) is 7.94. The lowest BCUT2D eigenvalue weighted by atomic mass is 10.1. The Balaban J connectivity index is 2.59. The number of hydrogen-bond acceptors (Lipinski definition) is 7. The van der Waals surface area contributed by atoms with Crippen molar-refractivity contribution in [3.63, 3.8) is 0 Å². The molecule has 0 bridgehead atoms. The number of anilines is 1. The molecular formula is C15H21N3O6. The van der Waals surface area contributed by atoms with Crippen LogP contribution in [-0.4, -0.2) is 36.1 Å². The van der Waals surface area contributed by atoms with Gasteiger partial charge in [0.05, 0.1) is 23.1 Å². The Morgan fingerprint density at radius 3 is 2.08 bits per heavy atom. The number of nitro groups is 2. The molecule has 132 valence electrons. The van der Waals surface area contributed by atoms with Crippen LogP contribution in [0, 0.1) is 20.2 Å². The molecule has 1 heterocycles. The molecule has 9 nitrogen and oxygen atoms in total. The molecule has 2 rings (SSSR count). The molecule has 9 heteroatoms. The van der Waals surface area contributed by atoms with E-state index in [1.807, 2.05) is 13.8 Å². The summed E-state index contributed by atoms with van der Waals surface area (Å²) in [7, 11) is 0. The fraction of sp³-hybridized carbons (Fsp3) is 0.600. The van der Waals surface area contributed by atoms with Gasteiger partial charge in [-0.25, -0.2) is 0 Å². The molecule has 1 aromatic carbocycles. The fourth-order valence-electron chi connectivity index (χ4n) is 2.74. The number of nitrogens with zero attached hydrogens (tertiary/aromatic N) is 3. The maximum Gasteiger partial charge on any atom is 0.300 e. The number of benzene rings is 1. The van der Waals surface area contributed by atoms with E-state index >= 15 is 0 Å². The summed E-state index contributed by atoms with van der Waals surface area (Å²) in [5.41, 5.74) is -0.266. The normalized spacial score (nSPS) is 15.2. The van der Waals surface area contributed by atoms with Crippen LogP contribution in [0.3, 0.4) is 0 Å². The van der Waals surface area contributed by atoms with Gasteiger partial charge in [-0.1, -0.05) is 6.92 Å². The molecule has 24 heavy (non-hydrogen) atoms. The van der Waals surface area contributed by atoms with Gasteiger partial charge in [-0.15, -0.1) is 0 Å². The Kier molecular flexibility index (Phi) is 6.04. The first-order chi connectivity index (χ1) is 11.5. The maximum absolute atomic E-state index is 11.5. The Hall–Kier alpha value is -2.26. The monoisotopic (exact) mass is 339 g/mol. The second kappa shape index (κ2) is 8.02. The molecule has 0 aromatic heterocycles. The van der Waals surface area contributed by atoms with Crippen LogP contribution < -0.4 is 4.90 Å². The molecule has 0 saturated carbocycles. The standard InChI is InChI=1S/C15H21N3O6/c1-3-6-16(4-2)14-12(17(19)20)9-11(10-13(14)18(21)22)15-23-7-5-8-24-15/h9-10,15H,3-8H2,1-2H3.